The molecule has 2 rings (SSSR count). The molecule has 0 fully saturated rings. The summed E-state index contributed by atoms with van der Waals surface area (Å²) < 4.78 is 1.43. The van der Waals surface area contributed by atoms with Gasteiger partial charge in [0.25, 0.3) is 0 Å². The SMILES string of the molecule is Cc1cccc(CC(=O)Nc2ccc(=O)n(C)c2)c1. The second-order valence-corrected chi connectivity index (χ2v) is 4.58. The average molecular weight is 256 g/mol. The van der Waals surface area contributed by atoms with Crippen LogP contribution in [0.5, 0.6) is 0 Å². The van der Waals surface area contributed by atoms with E-state index in [0.717, 1.165) is 11.1 Å². The predicted molar refractivity (Wildman–Crippen MR) is 75.2 cm³/mol. The van der Waals surface area contributed by atoms with Crippen molar-refractivity contribution in [2.24, 2.45) is 7.05 Å². The van der Waals surface area contributed by atoms with Crippen LogP contribution < -0.4 is 10.9 Å². The third-order valence-electron chi connectivity index (χ3n) is 2.82. The fourth-order valence-corrected chi connectivity index (χ4v) is 1.88. The highest BCUT2D eigenvalue weighted by Gasteiger charge is 2.05. The highest BCUT2D eigenvalue weighted by Crippen LogP contribution is 2.07. The van der Waals surface area contributed by atoms with E-state index >= 15 is 0 Å². The van der Waals surface area contributed by atoms with Crippen LogP contribution in [0.2, 0.25) is 0 Å². The van der Waals surface area contributed by atoms with Gasteiger partial charge in [-0.05, 0) is 18.6 Å². The van der Waals surface area contributed by atoms with E-state index in [0.29, 0.717) is 12.1 Å². The Kier molecular flexibility index (Phi) is 3.80. The van der Waals surface area contributed by atoms with Gasteiger partial charge in [-0.2, -0.15) is 0 Å². The number of nitrogens with one attached hydrogen (secondary N) is 1. The number of anilines is 1. The van der Waals surface area contributed by atoms with Gasteiger partial charge in [-0.1, -0.05) is 29.8 Å². The zero-order chi connectivity index (χ0) is 13.8. The van der Waals surface area contributed by atoms with Crippen molar-refractivity contribution in [2.45, 2.75) is 13.3 Å². The molecule has 0 radical (unpaired) electrons. The van der Waals surface area contributed by atoms with Crippen molar-refractivity contribution >= 4 is 11.6 Å². The molecule has 4 heteroatoms. The third kappa shape index (κ3) is 3.55. The van der Waals surface area contributed by atoms with Crippen molar-refractivity contribution in [3.05, 3.63) is 64.1 Å². The lowest BCUT2D eigenvalue weighted by molar-refractivity contribution is -0.115. The molecule has 0 spiro atoms. The van der Waals surface area contributed by atoms with E-state index in [1.807, 2.05) is 31.2 Å². The first-order valence-electron chi connectivity index (χ1n) is 6.07. The Balaban J connectivity index is 2.05. The summed E-state index contributed by atoms with van der Waals surface area (Å²) in [4.78, 5) is 23.1. The van der Waals surface area contributed by atoms with Crippen molar-refractivity contribution in [1.82, 2.24) is 4.57 Å². The zero-order valence-electron chi connectivity index (χ0n) is 11.0. The van der Waals surface area contributed by atoms with Gasteiger partial charge >= 0.3 is 0 Å². The highest BCUT2D eigenvalue weighted by molar-refractivity contribution is 5.92. The van der Waals surface area contributed by atoms with E-state index in [2.05, 4.69) is 5.32 Å². The maximum absolute atomic E-state index is 11.9. The number of rotatable bonds is 3. The monoisotopic (exact) mass is 256 g/mol. The summed E-state index contributed by atoms with van der Waals surface area (Å²) in [5.74, 6) is -0.0933. The Hall–Kier alpha value is -2.36. The molecule has 0 aliphatic rings. The maximum atomic E-state index is 11.9. The number of aromatic nitrogens is 1. The number of hydrogen-bond donors (Lipinski definition) is 1. The van der Waals surface area contributed by atoms with Crippen molar-refractivity contribution < 1.29 is 4.79 Å². The van der Waals surface area contributed by atoms with Crippen LogP contribution in [0.25, 0.3) is 0 Å². The summed E-state index contributed by atoms with van der Waals surface area (Å²) in [6.07, 6.45) is 1.93. The second-order valence-electron chi connectivity index (χ2n) is 4.58. The average Bonchev–Trinajstić information content (AvgIpc) is 2.34. The molecule has 0 unspecified atom stereocenters. The second kappa shape index (κ2) is 5.52. The minimum absolute atomic E-state index is 0.0933. The Labute approximate surface area is 111 Å². The number of aryl methyl sites for hydroxylation is 2. The van der Waals surface area contributed by atoms with Gasteiger partial charge in [0.1, 0.15) is 0 Å². The third-order valence-corrected chi connectivity index (χ3v) is 2.82. The van der Waals surface area contributed by atoms with Crippen LogP contribution in [0.4, 0.5) is 5.69 Å². The van der Waals surface area contributed by atoms with Crippen LogP contribution in [0, 0.1) is 6.92 Å². The van der Waals surface area contributed by atoms with Gasteiger partial charge in [-0.25, -0.2) is 0 Å². The van der Waals surface area contributed by atoms with E-state index in [4.69, 9.17) is 0 Å². The molecule has 0 saturated carbocycles. The first-order valence-corrected chi connectivity index (χ1v) is 6.07. The van der Waals surface area contributed by atoms with Gasteiger partial charge in [0, 0.05) is 19.3 Å². The van der Waals surface area contributed by atoms with Crippen LogP contribution in [0.3, 0.4) is 0 Å². The van der Waals surface area contributed by atoms with Crippen molar-refractivity contribution in [2.75, 3.05) is 5.32 Å². The lowest BCUT2D eigenvalue weighted by atomic mass is 10.1. The predicted octanol–water partition coefficient (Wildman–Crippen LogP) is 1.87. The lowest BCUT2D eigenvalue weighted by Crippen LogP contribution is -2.19. The normalized spacial score (nSPS) is 10.2. The minimum atomic E-state index is -0.100. The molecule has 0 atom stereocenters. The highest BCUT2D eigenvalue weighted by atomic mass is 16.1. The summed E-state index contributed by atoms with van der Waals surface area (Å²) in [6.45, 7) is 1.99. The van der Waals surface area contributed by atoms with Crippen LogP contribution in [-0.4, -0.2) is 10.5 Å². The molecule has 1 heterocycles. The maximum Gasteiger partial charge on any atom is 0.250 e. The molecule has 0 aliphatic carbocycles. The molecule has 1 aromatic carbocycles. The van der Waals surface area contributed by atoms with E-state index in [1.54, 1.807) is 19.3 Å². The van der Waals surface area contributed by atoms with Crippen LogP contribution in [0.15, 0.2) is 47.4 Å². The summed E-state index contributed by atoms with van der Waals surface area (Å²) in [5.41, 5.74) is 2.63. The fraction of sp³-hybridized carbons (Fsp3) is 0.200. The number of hydrogen-bond acceptors (Lipinski definition) is 2. The topological polar surface area (TPSA) is 51.1 Å². The Bertz CT molecular complexity index is 659. The van der Waals surface area contributed by atoms with Gasteiger partial charge in [0.15, 0.2) is 0 Å². The molecular formula is C15H16N2O2. The summed E-state index contributed by atoms with van der Waals surface area (Å²) in [5, 5.41) is 2.78. The van der Waals surface area contributed by atoms with Crippen molar-refractivity contribution in [3.63, 3.8) is 0 Å². The summed E-state index contributed by atoms with van der Waals surface area (Å²) >= 11 is 0. The molecule has 1 amide bonds. The zero-order valence-corrected chi connectivity index (χ0v) is 11.0. The quantitative estimate of drug-likeness (QED) is 0.911. The van der Waals surface area contributed by atoms with Gasteiger partial charge in [0.2, 0.25) is 11.5 Å². The first kappa shape index (κ1) is 13.1. The van der Waals surface area contributed by atoms with Crippen LogP contribution in [-0.2, 0) is 18.3 Å². The van der Waals surface area contributed by atoms with Gasteiger partial charge in [0.05, 0.1) is 12.1 Å². The Morgan fingerprint density at radius 1 is 1.26 bits per heavy atom. The van der Waals surface area contributed by atoms with Crippen LogP contribution in [0.1, 0.15) is 11.1 Å². The van der Waals surface area contributed by atoms with E-state index < -0.39 is 0 Å². The molecule has 0 aliphatic heterocycles. The number of amides is 1. The number of benzene rings is 1. The molecule has 19 heavy (non-hydrogen) atoms. The molecule has 0 saturated heterocycles. The number of pyridine rings is 1. The molecule has 4 nitrogen and oxygen atoms in total. The van der Waals surface area contributed by atoms with Crippen LogP contribution >= 0.6 is 0 Å². The molecule has 98 valence electrons. The largest absolute Gasteiger partial charge is 0.324 e. The standard InChI is InChI=1S/C15H16N2O2/c1-11-4-3-5-12(8-11)9-14(18)16-13-6-7-15(19)17(2)10-13/h3-8,10H,9H2,1-2H3,(H,16,18). The number of nitrogens with zero attached hydrogens (tertiary/aromatic N) is 1. The molecule has 1 aromatic heterocycles. The lowest BCUT2D eigenvalue weighted by Gasteiger charge is -2.07. The summed E-state index contributed by atoms with van der Waals surface area (Å²) in [7, 11) is 1.65. The first-order chi connectivity index (χ1) is 9.04. The van der Waals surface area contributed by atoms with E-state index in [9.17, 15) is 9.59 Å². The van der Waals surface area contributed by atoms with E-state index in [1.165, 1.54) is 10.6 Å². The van der Waals surface area contributed by atoms with Gasteiger partial charge in [-0.3, -0.25) is 9.59 Å². The smallest absolute Gasteiger partial charge is 0.250 e. The van der Waals surface area contributed by atoms with Crippen molar-refractivity contribution in [1.29, 1.82) is 0 Å². The molecule has 0 bridgehead atoms. The van der Waals surface area contributed by atoms with Gasteiger partial charge in [-0.15, -0.1) is 0 Å². The van der Waals surface area contributed by atoms with Crippen molar-refractivity contribution in [3.8, 4) is 0 Å². The van der Waals surface area contributed by atoms with E-state index in [-0.39, 0.29) is 11.5 Å². The number of carbonyl (C=O) groups is 1. The number of carbonyl (C=O) groups excluding carboxylic acids is 1. The molecular weight excluding hydrogens is 240 g/mol. The fourth-order valence-electron chi connectivity index (χ4n) is 1.88. The minimum Gasteiger partial charge on any atom is -0.324 e. The van der Waals surface area contributed by atoms with Gasteiger partial charge < -0.3 is 9.88 Å². The molecule has 2 aromatic rings. The Morgan fingerprint density at radius 2 is 2.05 bits per heavy atom. The molecule has 1 N–H and O–H groups in total. The Morgan fingerprint density at radius 3 is 2.74 bits per heavy atom. The summed E-state index contributed by atoms with van der Waals surface area (Å²) in [6, 6.07) is 10.9.